The molecule has 1 aliphatic carbocycles. The van der Waals surface area contributed by atoms with Crippen LogP contribution in [-0.4, -0.2) is 184 Å². The van der Waals surface area contributed by atoms with Gasteiger partial charge in [0.05, 0.1) is 37.4 Å². The maximum atomic E-state index is 13.9. The number of carbonyl (C=O) groups excluding carboxylic acids is 5. The highest BCUT2D eigenvalue weighted by Crippen LogP contribution is 2.39. The summed E-state index contributed by atoms with van der Waals surface area (Å²) in [6.07, 6.45) is -10.9. The molecule has 69 heavy (non-hydrogen) atoms. The molecular formula is C46H83N7O16. The number of carbonyl (C=O) groups is 5. The van der Waals surface area contributed by atoms with Crippen LogP contribution in [0, 0.1) is 5.92 Å². The number of aliphatic hydroxyl groups excluding tert-OH is 3. The summed E-state index contributed by atoms with van der Waals surface area (Å²) >= 11 is 0. The molecule has 398 valence electrons. The van der Waals surface area contributed by atoms with Crippen LogP contribution in [0.2, 0.25) is 0 Å². The molecule has 1 saturated heterocycles. The van der Waals surface area contributed by atoms with E-state index < -0.39 is 132 Å². The van der Waals surface area contributed by atoms with Crippen molar-refractivity contribution in [2.75, 3.05) is 39.8 Å². The van der Waals surface area contributed by atoms with Gasteiger partial charge in [0.25, 0.3) is 0 Å². The third kappa shape index (κ3) is 19.1. The molecule has 2 heterocycles. The maximum Gasteiger partial charge on any atom is 0.410 e. The zero-order valence-electron chi connectivity index (χ0n) is 43.0. The summed E-state index contributed by atoms with van der Waals surface area (Å²) in [5, 5.41) is 61.6. The Bertz CT molecular complexity index is 1760. The van der Waals surface area contributed by atoms with Gasteiger partial charge >= 0.3 is 24.4 Å². The number of nitrogens with two attached hydrogens (primary N) is 1. The van der Waals surface area contributed by atoms with Gasteiger partial charge < -0.3 is 90.8 Å². The van der Waals surface area contributed by atoms with Crippen LogP contribution < -0.4 is 32.3 Å². The molecule has 11 N–H and O–H groups in total. The first-order valence-corrected chi connectivity index (χ1v) is 23.6. The first-order valence-electron chi connectivity index (χ1n) is 23.6. The Morgan fingerprint density at radius 2 is 1.36 bits per heavy atom. The highest BCUT2D eigenvalue weighted by Gasteiger charge is 2.56. The van der Waals surface area contributed by atoms with Crippen molar-refractivity contribution in [1.29, 1.82) is 0 Å². The number of alkyl carbamates (subject to hydrolysis) is 3. The lowest BCUT2D eigenvalue weighted by molar-refractivity contribution is -0.305. The topological polar surface area (TPSA) is 320 Å². The Kier molecular flexibility index (Phi) is 20.8. The molecule has 0 radical (unpaired) electrons. The van der Waals surface area contributed by atoms with Crippen molar-refractivity contribution >= 4 is 30.3 Å². The molecule has 0 aromatic heterocycles. The van der Waals surface area contributed by atoms with Gasteiger partial charge in [-0.15, -0.1) is 0 Å². The highest BCUT2D eigenvalue weighted by atomic mass is 16.7. The Morgan fingerprint density at radius 1 is 0.812 bits per heavy atom. The standard InChI is InChI=1S/C46H83N7O16/c1-42(2,3)66-38(58)49-21-18-29(54)36(57)50-28-22-27(52-40(60)68-44(7,8)9)30(33-26(51-39(59)67-43(4,5)6)17-16-25(64-33)23-48-20-15-19-47)31(55)34(28)65-37-32(56)35(46(13,62)24-63-37)53(14)41(61)69-45(10,11)12/h16,26-35,37,48,54-56,62H,15,17-24,47H2,1-14H3,(H,49,58)(H,50,57)(H,51,59)(H,52,60)/t26-,27+,28-,29+,30-,31+,32-,33?,34+,35-,37-,46+/m1/s1. The summed E-state index contributed by atoms with van der Waals surface area (Å²) in [6.45, 7) is 22.0. The van der Waals surface area contributed by atoms with Gasteiger partial charge in [-0.3, -0.25) is 4.79 Å². The molecule has 0 bridgehead atoms. The normalized spacial score (nSPS) is 29.2. The molecule has 0 spiro atoms. The van der Waals surface area contributed by atoms with Gasteiger partial charge in [0.1, 0.15) is 58.2 Å². The molecule has 2 aliphatic heterocycles. The van der Waals surface area contributed by atoms with E-state index in [1.165, 1.54) is 14.0 Å². The number of amides is 5. The fourth-order valence-corrected chi connectivity index (χ4v) is 8.17. The van der Waals surface area contributed by atoms with Crippen molar-refractivity contribution in [1.82, 2.24) is 31.5 Å². The first-order chi connectivity index (χ1) is 31.6. The summed E-state index contributed by atoms with van der Waals surface area (Å²) in [5.74, 6) is -1.72. The molecular weight excluding hydrogens is 907 g/mol. The van der Waals surface area contributed by atoms with E-state index in [2.05, 4.69) is 26.6 Å². The Balaban J connectivity index is 2.16. The molecule has 23 nitrogen and oxygen atoms in total. The van der Waals surface area contributed by atoms with Gasteiger partial charge in [0.2, 0.25) is 5.91 Å². The van der Waals surface area contributed by atoms with Crippen molar-refractivity contribution in [3.63, 3.8) is 0 Å². The van der Waals surface area contributed by atoms with Crippen molar-refractivity contribution in [3.8, 4) is 0 Å². The van der Waals surface area contributed by atoms with Gasteiger partial charge in [0.15, 0.2) is 6.29 Å². The lowest BCUT2D eigenvalue weighted by Gasteiger charge is -2.52. The second kappa shape index (κ2) is 24.3. The minimum Gasteiger partial charge on any atom is -0.491 e. The van der Waals surface area contributed by atoms with Crippen LogP contribution in [-0.2, 0) is 38.0 Å². The number of hydrogen-bond donors (Lipinski definition) is 10. The average Bonchev–Trinajstić information content (AvgIpc) is 3.16. The molecule has 1 unspecified atom stereocenters. The number of nitrogens with zero attached hydrogens (tertiary/aromatic N) is 1. The van der Waals surface area contributed by atoms with Gasteiger partial charge in [0, 0.05) is 25.6 Å². The van der Waals surface area contributed by atoms with Crippen LogP contribution in [0.4, 0.5) is 19.2 Å². The minimum atomic E-state index is -1.86. The van der Waals surface area contributed by atoms with E-state index in [1.54, 1.807) is 89.2 Å². The summed E-state index contributed by atoms with van der Waals surface area (Å²) < 4.78 is 41.1. The van der Waals surface area contributed by atoms with Gasteiger partial charge in [-0.1, -0.05) is 0 Å². The molecule has 12 atom stereocenters. The molecule has 2 fully saturated rings. The third-order valence-corrected chi connectivity index (χ3v) is 10.9. The van der Waals surface area contributed by atoms with Crippen LogP contribution in [0.5, 0.6) is 0 Å². The Morgan fingerprint density at radius 3 is 1.91 bits per heavy atom. The smallest absolute Gasteiger partial charge is 0.410 e. The average molecular weight is 990 g/mol. The van der Waals surface area contributed by atoms with E-state index in [0.717, 1.165) is 4.90 Å². The highest BCUT2D eigenvalue weighted by molar-refractivity contribution is 5.81. The predicted molar refractivity (Wildman–Crippen MR) is 250 cm³/mol. The second-order valence-electron chi connectivity index (χ2n) is 22.1. The predicted octanol–water partition coefficient (Wildman–Crippen LogP) is 1.61. The van der Waals surface area contributed by atoms with Crippen LogP contribution >= 0.6 is 0 Å². The van der Waals surface area contributed by atoms with E-state index in [4.69, 9.17) is 38.9 Å². The van der Waals surface area contributed by atoms with Crippen molar-refractivity contribution in [2.45, 2.75) is 205 Å². The number of ether oxygens (including phenoxy) is 7. The first kappa shape index (κ1) is 59.1. The van der Waals surface area contributed by atoms with Gasteiger partial charge in [-0.25, -0.2) is 19.2 Å². The summed E-state index contributed by atoms with van der Waals surface area (Å²) in [7, 11) is 1.33. The van der Waals surface area contributed by atoms with E-state index in [1.807, 2.05) is 0 Å². The van der Waals surface area contributed by atoms with Gasteiger partial charge in [-0.05, 0) is 135 Å². The molecule has 5 amide bonds. The monoisotopic (exact) mass is 990 g/mol. The summed E-state index contributed by atoms with van der Waals surface area (Å²) in [6, 6.07) is -4.74. The fourth-order valence-electron chi connectivity index (χ4n) is 8.17. The van der Waals surface area contributed by atoms with Crippen molar-refractivity contribution in [2.24, 2.45) is 11.7 Å². The zero-order chi connectivity index (χ0) is 52.4. The van der Waals surface area contributed by atoms with E-state index in [0.29, 0.717) is 25.3 Å². The Labute approximate surface area is 406 Å². The number of likely N-dealkylation sites (N-methyl/N-ethyl adjacent to an activating group) is 1. The molecule has 1 saturated carbocycles. The van der Waals surface area contributed by atoms with Gasteiger partial charge in [-0.2, -0.15) is 0 Å². The Hall–Kier alpha value is -4.23. The lowest BCUT2D eigenvalue weighted by atomic mass is 9.72. The van der Waals surface area contributed by atoms with Crippen LogP contribution in [0.25, 0.3) is 0 Å². The summed E-state index contributed by atoms with van der Waals surface area (Å²) in [5.41, 5.74) is 0.238. The van der Waals surface area contributed by atoms with Crippen LogP contribution in [0.15, 0.2) is 11.8 Å². The number of nitrogens with one attached hydrogen (secondary N) is 5. The van der Waals surface area contributed by atoms with E-state index in [-0.39, 0.29) is 32.4 Å². The quantitative estimate of drug-likeness (QED) is 0.0776. The van der Waals surface area contributed by atoms with E-state index in [9.17, 15) is 44.4 Å². The molecule has 23 heteroatoms. The SMILES string of the molecule is CN(C(=O)OC(C)(C)C)[C@@H]1[C@@H](O)[C@@H](O[C@@H]2[C@@H](O)[C@H](C3OC(CNCCCN)=CC[C@H]3NC(=O)OC(C)(C)C)[C@@H](NC(=O)OC(C)(C)C)C[C@H]2NC(=O)[C@@H](O)CCNC(=O)OC(C)(C)C)OC[C@]1(C)O. The number of aliphatic hydroxyl groups is 4. The maximum absolute atomic E-state index is 13.9. The van der Waals surface area contributed by atoms with Crippen molar-refractivity contribution < 1.29 is 77.6 Å². The molecule has 0 aromatic rings. The molecule has 3 aliphatic rings. The van der Waals surface area contributed by atoms with E-state index >= 15 is 0 Å². The number of rotatable bonds is 16. The molecule has 0 aromatic carbocycles. The zero-order valence-corrected chi connectivity index (χ0v) is 43.0. The van der Waals surface area contributed by atoms with Crippen molar-refractivity contribution in [3.05, 3.63) is 11.8 Å². The molecule has 3 rings (SSSR count). The minimum absolute atomic E-state index is 0.168. The largest absolute Gasteiger partial charge is 0.491 e. The lowest BCUT2D eigenvalue weighted by Crippen LogP contribution is -2.71. The van der Waals surface area contributed by atoms with Crippen LogP contribution in [0.1, 0.15) is 116 Å². The second-order valence-corrected chi connectivity index (χ2v) is 22.1. The number of hydrogen-bond acceptors (Lipinski definition) is 18. The third-order valence-electron chi connectivity index (χ3n) is 10.9. The van der Waals surface area contributed by atoms with Crippen LogP contribution in [0.3, 0.4) is 0 Å². The summed E-state index contributed by atoms with van der Waals surface area (Å²) in [4.78, 5) is 67.6. The fraction of sp³-hybridized carbons (Fsp3) is 0.848.